The molecule has 1 heterocycles. The van der Waals surface area contributed by atoms with Crippen LogP contribution in [0, 0.1) is 6.92 Å². The molecule has 0 aliphatic carbocycles. The van der Waals surface area contributed by atoms with Gasteiger partial charge in [0.1, 0.15) is 5.75 Å². The largest absolute Gasteiger partial charge is 0.508 e. The third-order valence-electron chi connectivity index (χ3n) is 4.02. The highest BCUT2D eigenvalue weighted by atomic mass is 35.5. The summed E-state index contributed by atoms with van der Waals surface area (Å²) < 4.78 is 4.95. The number of methoxy groups -OCH3 is 1. The molecule has 0 spiro atoms. The summed E-state index contributed by atoms with van der Waals surface area (Å²) in [4.78, 5) is 13.9. The zero-order valence-electron chi connectivity index (χ0n) is 13.1. The normalized spacial score (nSPS) is 17.8. The molecule has 1 fully saturated rings. The van der Waals surface area contributed by atoms with E-state index in [1.165, 1.54) is 0 Å². The van der Waals surface area contributed by atoms with Crippen molar-refractivity contribution in [2.45, 2.75) is 25.7 Å². The Balaban J connectivity index is 1.92. The number of urea groups is 1. The molecule has 0 saturated carbocycles. The molecular formula is C16H23ClN2O3. The molecule has 6 heteroatoms. The van der Waals surface area contributed by atoms with E-state index in [-0.39, 0.29) is 17.7 Å². The van der Waals surface area contributed by atoms with Gasteiger partial charge in [-0.05, 0) is 37.0 Å². The number of amides is 2. The van der Waals surface area contributed by atoms with Crippen molar-refractivity contribution in [2.75, 3.05) is 33.4 Å². The molecule has 1 atom stereocenters. The van der Waals surface area contributed by atoms with E-state index in [9.17, 15) is 9.90 Å². The Labute approximate surface area is 136 Å². The number of hydrogen-bond acceptors (Lipinski definition) is 3. The first kappa shape index (κ1) is 16.9. The van der Waals surface area contributed by atoms with Crippen LogP contribution in [0.25, 0.3) is 0 Å². The number of carbonyl (C=O) groups excluding carboxylic acids is 1. The molecular weight excluding hydrogens is 304 g/mol. The smallest absolute Gasteiger partial charge is 0.317 e. The summed E-state index contributed by atoms with van der Waals surface area (Å²) in [5.74, 6) is 0.364. The number of carbonyl (C=O) groups is 1. The first-order chi connectivity index (χ1) is 10.5. The molecule has 0 aromatic heterocycles. The summed E-state index contributed by atoms with van der Waals surface area (Å²) in [6.07, 6.45) is 1.65. The number of halogens is 1. The molecule has 2 amide bonds. The van der Waals surface area contributed by atoms with Crippen molar-refractivity contribution in [1.82, 2.24) is 10.2 Å². The Hall–Kier alpha value is -1.46. The van der Waals surface area contributed by atoms with Crippen LogP contribution in [0.5, 0.6) is 5.75 Å². The van der Waals surface area contributed by atoms with Gasteiger partial charge < -0.3 is 20.1 Å². The predicted octanol–water partition coefficient (Wildman–Crippen LogP) is 2.89. The first-order valence-electron chi connectivity index (χ1n) is 7.53. The van der Waals surface area contributed by atoms with Crippen molar-refractivity contribution >= 4 is 17.6 Å². The van der Waals surface area contributed by atoms with E-state index in [0.29, 0.717) is 31.3 Å². The second-order valence-corrected chi connectivity index (χ2v) is 6.08. The fraction of sp³-hybridized carbons (Fsp3) is 0.562. The van der Waals surface area contributed by atoms with E-state index < -0.39 is 0 Å². The molecule has 2 rings (SSSR count). The Morgan fingerprint density at radius 1 is 1.55 bits per heavy atom. The highest BCUT2D eigenvalue weighted by molar-refractivity contribution is 6.31. The zero-order valence-corrected chi connectivity index (χ0v) is 13.8. The fourth-order valence-electron chi connectivity index (χ4n) is 2.74. The topological polar surface area (TPSA) is 61.8 Å². The molecule has 1 unspecified atom stereocenters. The van der Waals surface area contributed by atoms with E-state index >= 15 is 0 Å². The molecule has 1 aliphatic heterocycles. The second-order valence-electron chi connectivity index (χ2n) is 5.67. The highest BCUT2D eigenvalue weighted by Gasteiger charge is 2.29. The van der Waals surface area contributed by atoms with Crippen LogP contribution in [0.3, 0.4) is 0 Å². The van der Waals surface area contributed by atoms with Crippen LogP contribution in [0.4, 0.5) is 4.79 Å². The molecule has 0 bridgehead atoms. The van der Waals surface area contributed by atoms with Gasteiger partial charge >= 0.3 is 6.03 Å². The summed E-state index contributed by atoms with van der Waals surface area (Å²) in [6.45, 7) is 4.48. The molecule has 5 nitrogen and oxygen atoms in total. The number of hydrogen-bond donors (Lipinski definition) is 2. The van der Waals surface area contributed by atoms with E-state index in [1.807, 2.05) is 13.0 Å². The van der Waals surface area contributed by atoms with Gasteiger partial charge in [0, 0.05) is 44.3 Å². The Kier molecular flexibility index (Phi) is 5.91. The third kappa shape index (κ3) is 4.05. The Morgan fingerprint density at radius 3 is 3.05 bits per heavy atom. The van der Waals surface area contributed by atoms with E-state index in [1.54, 1.807) is 18.1 Å². The summed E-state index contributed by atoms with van der Waals surface area (Å²) >= 11 is 6.01. The average molecular weight is 327 g/mol. The number of nitrogens with one attached hydrogen (secondary N) is 1. The van der Waals surface area contributed by atoms with Gasteiger partial charge in [-0.25, -0.2) is 4.79 Å². The van der Waals surface area contributed by atoms with Crippen molar-refractivity contribution in [3.05, 3.63) is 28.3 Å². The van der Waals surface area contributed by atoms with Gasteiger partial charge in [0.15, 0.2) is 0 Å². The van der Waals surface area contributed by atoms with Crippen molar-refractivity contribution < 1.29 is 14.6 Å². The zero-order chi connectivity index (χ0) is 16.1. The molecule has 2 N–H and O–H groups in total. The SMILES string of the molecule is COCCCNC(=O)N1CCC(c2cc(C)c(Cl)cc2O)C1. The van der Waals surface area contributed by atoms with Crippen molar-refractivity contribution in [2.24, 2.45) is 0 Å². The quantitative estimate of drug-likeness (QED) is 0.818. The lowest BCUT2D eigenvalue weighted by molar-refractivity contribution is 0.188. The van der Waals surface area contributed by atoms with Crippen molar-refractivity contribution in [1.29, 1.82) is 0 Å². The summed E-state index contributed by atoms with van der Waals surface area (Å²) in [5.41, 5.74) is 1.81. The number of nitrogens with zero attached hydrogens (tertiary/aromatic N) is 1. The van der Waals surface area contributed by atoms with Gasteiger partial charge in [-0.1, -0.05) is 17.7 Å². The van der Waals surface area contributed by atoms with E-state index in [0.717, 1.165) is 24.0 Å². The van der Waals surface area contributed by atoms with Gasteiger partial charge in [-0.15, -0.1) is 0 Å². The van der Waals surface area contributed by atoms with Gasteiger partial charge in [0.05, 0.1) is 0 Å². The second kappa shape index (κ2) is 7.70. The van der Waals surface area contributed by atoms with Crippen LogP contribution in [0.15, 0.2) is 12.1 Å². The predicted molar refractivity (Wildman–Crippen MR) is 86.7 cm³/mol. The minimum Gasteiger partial charge on any atom is -0.508 e. The van der Waals surface area contributed by atoms with E-state index in [2.05, 4.69) is 5.32 Å². The summed E-state index contributed by atoms with van der Waals surface area (Å²) in [7, 11) is 1.65. The molecule has 1 aromatic carbocycles. The Morgan fingerprint density at radius 2 is 2.32 bits per heavy atom. The molecule has 22 heavy (non-hydrogen) atoms. The number of ether oxygens (including phenoxy) is 1. The molecule has 0 radical (unpaired) electrons. The molecule has 1 aromatic rings. The minimum absolute atomic E-state index is 0.0521. The number of likely N-dealkylation sites (tertiary alicyclic amines) is 1. The van der Waals surface area contributed by atoms with E-state index in [4.69, 9.17) is 16.3 Å². The maximum absolute atomic E-state index is 12.1. The van der Waals surface area contributed by atoms with Crippen molar-refractivity contribution in [3.63, 3.8) is 0 Å². The van der Waals surface area contributed by atoms with Crippen molar-refractivity contribution in [3.8, 4) is 5.75 Å². The maximum Gasteiger partial charge on any atom is 0.317 e. The lowest BCUT2D eigenvalue weighted by Gasteiger charge is -2.18. The number of aromatic hydroxyl groups is 1. The number of aryl methyl sites for hydroxylation is 1. The highest BCUT2D eigenvalue weighted by Crippen LogP contribution is 2.36. The lowest BCUT2D eigenvalue weighted by Crippen LogP contribution is -2.39. The summed E-state index contributed by atoms with van der Waals surface area (Å²) in [5, 5.41) is 13.5. The Bertz CT molecular complexity index is 536. The average Bonchev–Trinajstić information content (AvgIpc) is 2.97. The molecule has 1 saturated heterocycles. The molecule has 1 aliphatic rings. The summed E-state index contributed by atoms with van der Waals surface area (Å²) in [6, 6.07) is 3.45. The lowest BCUT2D eigenvalue weighted by atomic mass is 9.96. The van der Waals surface area contributed by atoms with Gasteiger partial charge in [-0.3, -0.25) is 0 Å². The fourth-order valence-corrected chi connectivity index (χ4v) is 2.90. The third-order valence-corrected chi connectivity index (χ3v) is 4.43. The first-order valence-corrected chi connectivity index (χ1v) is 7.91. The van der Waals surface area contributed by atoms with Gasteiger partial charge in [0.25, 0.3) is 0 Å². The van der Waals surface area contributed by atoms with Crippen LogP contribution in [0.2, 0.25) is 5.02 Å². The number of phenols is 1. The number of benzene rings is 1. The molecule has 122 valence electrons. The maximum atomic E-state index is 12.1. The van der Waals surface area contributed by atoms with Crippen LogP contribution < -0.4 is 5.32 Å². The minimum atomic E-state index is -0.0521. The van der Waals surface area contributed by atoms with Crippen LogP contribution >= 0.6 is 11.6 Å². The standard InChI is InChI=1S/C16H23ClN2O3/c1-11-8-13(15(20)9-14(11)17)12-4-6-19(10-12)16(21)18-5-3-7-22-2/h8-9,12,20H,3-7,10H2,1-2H3,(H,18,21). The number of phenolic OH excluding ortho intramolecular Hbond substituents is 1. The van der Waals surface area contributed by atoms with Gasteiger partial charge in [-0.2, -0.15) is 0 Å². The van der Waals surface area contributed by atoms with Gasteiger partial charge in [0.2, 0.25) is 0 Å². The monoisotopic (exact) mass is 326 g/mol. The number of rotatable bonds is 5. The van der Waals surface area contributed by atoms with Crippen LogP contribution in [-0.4, -0.2) is 49.4 Å². The van der Waals surface area contributed by atoms with Crippen LogP contribution in [-0.2, 0) is 4.74 Å². The van der Waals surface area contributed by atoms with Crippen LogP contribution in [0.1, 0.15) is 29.9 Å².